The SMILES string of the molecule is C=C1C[C@@]23C[C@@H]1CC[C@H]2[C@]1(C)CC[C@@H](OC(=O)c2cccc([N+](=O)[O-])c2)[C@](C)(COC(C)=O)[C@@H]1C[C@@H]3OC(=O)c1cccc([N+](=O)[O-])c1. The molecule has 2 bridgehead atoms. The summed E-state index contributed by atoms with van der Waals surface area (Å²) < 4.78 is 18.2. The molecule has 2 aromatic carbocycles. The highest BCUT2D eigenvalue weighted by Crippen LogP contribution is 2.73. The van der Waals surface area contributed by atoms with Crippen LogP contribution in [0.2, 0.25) is 0 Å². The maximum Gasteiger partial charge on any atom is 0.338 e. The molecule has 0 heterocycles. The molecule has 6 rings (SSSR count). The van der Waals surface area contributed by atoms with Gasteiger partial charge in [-0.1, -0.05) is 38.1 Å². The summed E-state index contributed by atoms with van der Waals surface area (Å²) in [7, 11) is 0. The predicted octanol–water partition coefficient (Wildman–Crippen LogP) is 7.01. The number of benzene rings is 2. The molecule has 0 aromatic heterocycles. The maximum atomic E-state index is 13.7. The Morgan fingerprint density at radius 2 is 1.46 bits per heavy atom. The number of rotatable bonds is 8. The van der Waals surface area contributed by atoms with Gasteiger partial charge in [0.05, 0.1) is 21.0 Å². The zero-order valence-corrected chi connectivity index (χ0v) is 27.3. The third kappa shape index (κ3) is 5.54. The highest BCUT2D eigenvalue weighted by molar-refractivity contribution is 5.91. The first-order chi connectivity index (χ1) is 22.7. The van der Waals surface area contributed by atoms with Gasteiger partial charge < -0.3 is 14.2 Å². The van der Waals surface area contributed by atoms with Crippen molar-refractivity contribution in [3.05, 3.63) is 92.0 Å². The van der Waals surface area contributed by atoms with Crippen LogP contribution in [0.4, 0.5) is 11.4 Å². The van der Waals surface area contributed by atoms with Gasteiger partial charge in [-0.15, -0.1) is 0 Å². The zero-order valence-electron chi connectivity index (χ0n) is 27.3. The molecule has 8 atom stereocenters. The van der Waals surface area contributed by atoms with Gasteiger partial charge in [0, 0.05) is 42.0 Å². The van der Waals surface area contributed by atoms with Crippen LogP contribution in [0, 0.1) is 54.2 Å². The number of nitro groups is 2. The molecular formula is C36H40N2O10. The third-order valence-electron chi connectivity index (χ3n) is 12.1. The van der Waals surface area contributed by atoms with Gasteiger partial charge in [0.15, 0.2) is 0 Å². The zero-order chi connectivity index (χ0) is 34.6. The van der Waals surface area contributed by atoms with Crippen molar-refractivity contribution in [1.29, 1.82) is 0 Å². The molecule has 4 fully saturated rings. The van der Waals surface area contributed by atoms with Crippen LogP contribution in [0.5, 0.6) is 0 Å². The molecule has 0 N–H and O–H groups in total. The summed E-state index contributed by atoms with van der Waals surface area (Å²) in [6.07, 6.45) is 3.71. The summed E-state index contributed by atoms with van der Waals surface area (Å²) in [6.45, 7) is 9.89. The lowest BCUT2D eigenvalue weighted by atomic mass is 9.40. The quantitative estimate of drug-likeness (QED) is 0.0945. The van der Waals surface area contributed by atoms with E-state index in [-0.39, 0.29) is 51.8 Å². The van der Waals surface area contributed by atoms with Crippen LogP contribution >= 0.6 is 0 Å². The van der Waals surface area contributed by atoms with E-state index in [1.54, 1.807) is 0 Å². The lowest BCUT2D eigenvalue weighted by Crippen LogP contribution is -2.66. The van der Waals surface area contributed by atoms with E-state index in [1.165, 1.54) is 55.5 Å². The van der Waals surface area contributed by atoms with Crippen molar-refractivity contribution in [2.75, 3.05) is 6.61 Å². The summed E-state index contributed by atoms with van der Waals surface area (Å²) in [5.41, 5.74) is -0.741. The number of hydrogen-bond acceptors (Lipinski definition) is 10. The van der Waals surface area contributed by atoms with E-state index < -0.39 is 45.4 Å². The number of non-ortho nitro benzene ring substituents is 2. The molecule has 0 unspecified atom stereocenters. The standard InChI is InChI=1S/C36H40N2O10/c1-21-18-36-19-25(21)11-12-28(36)34(3)14-13-30(47-32(40)23-7-5-9-26(15-23)37(42)43)35(4,20-46-22(2)39)29(34)17-31(36)48-33(41)24-8-6-10-27(16-24)38(44)45/h5-10,15-16,25,28-31H,1,11-14,17-20H2,2-4H3/t25-,28-,29+,30+,31-,34-,35+,36+/m0/s1. The summed E-state index contributed by atoms with van der Waals surface area (Å²) >= 11 is 0. The summed E-state index contributed by atoms with van der Waals surface area (Å²) in [5.74, 6) is -1.64. The Hall–Kier alpha value is -4.61. The van der Waals surface area contributed by atoms with Gasteiger partial charge in [0.25, 0.3) is 11.4 Å². The van der Waals surface area contributed by atoms with E-state index in [0.717, 1.165) is 24.8 Å². The number of esters is 3. The van der Waals surface area contributed by atoms with Crippen molar-refractivity contribution in [2.45, 2.75) is 77.9 Å². The predicted molar refractivity (Wildman–Crippen MR) is 172 cm³/mol. The Morgan fingerprint density at radius 1 is 0.875 bits per heavy atom. The average Bonchev–Trinajstić information content (AvgIpc) is 3.30. The molecule has 12 heteroatoms. The minimum Gasteiger partial charge on any atom is -0.465 e. The van der Waals surface area contributed by atoms with E-state index >= 15 is 0 Å². The van der Waals surface area contributed by atoms with E-state index in [1.807, 2.05) is 6.92 Å². The lowest BCUT2D eigenvalue weighted by molar-refractivity contribution is -0.385. The fourth-order valence-corrected chi connectivity index (χ4v) is 9.95. The van der Waals surface area contributed by atoms with Crippen LogP contribution in [0.25, 0.3) is 0 Å². The molecule has 12 nitrogen and oxygen atoms in total. The number of fused-ring (bicyclic) bond motifs is 3. The van der Waals surface area contributed by atoms with Gasteiger partial charge in [-0.2, -0.15) is 0 Å². The van der Waals surface area contributed by atoms with E-state index in [0.29, 0.717) is 31.6 Å². The van der Waals surface area contributed by atoms with Crippen molar-refractivity contribution in [3.8, 4) is 0 Å². The molecule has 0 aliphatic heterocycles. The lowest BCUT2D eigenvalue weighted by Gasteiger charge is -2.66. The summed E-state index contributed by atoms with van der Waals surface area (Å²) in [5, 5.41) is 22.8. The fraction of sp³-hybridized carbons (Fsp3) is 0.528. The largest absolute Gasteiger partial charge is 0.465 e. The van der Waals surface area contributed by atoms with Gasteiger partial charge in [-0.3, -0.25) is 25.0 Å². The van der Waals surface area contributed by atoms with Gasteiger partial charge in [-0.05, 0) is 80.2 Å². The van der Waals surface area contributed by atoms with Crippen LogP contribution in [0.1, 0.15) is 86.4 Å². The molecule has 4 saturated carbocycles. The Kier molecular flexibility index (Phi) is 8.41. The molecule has 2 aromatic rings. The second-order valence-corrected chi connectivity index (χ2v) is 14.6. The molecule has 254 valence electrons. The first kappa shape index (κ1) is 33.3. The number of carbonyl (C=O) groups is 3. The second-order valence-electron chi connectivity index (χ2n) is 14.6. The van der Waals surface area contributed by atoms with Crippen molar-refractivity contribution in [2.24, 2.45) is 34.0 Å². The number of ether oxygens (including phenoxy) is 3. The molecule has 0 radical (unpaired) electrons. The second kappa shape index (κ2) is 12.1. The van der Waals surface area contributed by atoms with Crippen molar-refractivity contribution in [3.63, 3.8) is 0 Å². The Labute approximate surface area is 278 Å². The summed E-state index contributed by atoms with van der Waals surface area (Å²) in [4.78, 5) is 61.1. The molecular weight excluding hydrogens is 620 g/mol. The molecule has 4 aliphatic carbocycles. The van der Waals surface area contributed by atoms with Crippen LogP contribution in [0.15, 0.2) is 60.7 Å². The molecule has 48 heavy (non-hydrogen) atoms. The topological polar surface area (TPSA) is 165 Å². The van der Waals surface area contributed by atoms with Crippen LogP contribution in [-0.4, -0.2) is 46.6 Å². The number of nitro benzene ring substituents is 2. The van der Waals surface area contributed by atoms with E-state index in [2.05, 4.69) is 13.5 Å². The average molecular weight is 661 g/mol. The van der Waals surface area contributed by atoms with E-state index in [4.69, 9.17) is 14.2 Å². The maximum absolute atomic E-state index is 13.7. The van der Waals surface area contributed by atoms with Gasteiger partial charge in [0.1, 0.15) is 18.8 Å². The van der Waals surface area contributed by atoms with Crippen LogP contribution < -0.4 is 0 Å². The monoisotopic (exact) mass is 660 g/mol. The number of carbonyl (C=O) groups excluding carboxylic acids is 3. The third-order valence-corrected chi connectivity index (χ3v) is 12.1. The Morgan fingerprint density at radius 3 is 2.02 bits per heavy atom. The van der Waals surface area contributed by atoms with Crippen LogP contribution in [-0.2, 0) is 19.0 Å². The first-order valence-electron chi connectivity index (χ1n) is 16.4. The number of nitrogens with zero attached hydrogens (tertiary/aromatic N) is 2. The number of allylic oxidation sites excluding steroid dienone is 1. The van der Waals surface area contributed by atoms with Gasteiger partial charge in [0.2, 0.25) is 0 Å². The minimum absolute atomic E-state index is 0.0431. The van der Waals surface area contributed by atoms with Gasteiger partial charge >= 0.3 is 17.9 Å². The molecule has 0 saturated heterocycles. The molecule has 0 amide bonds. The molecule has 1 spiro atoms. The Balaban J connectivity index is 1.38. The summed E-state index contributed by atoms with van der Waals surface area (Å²) in [6, 6.07) is 10.9. The highest BCUT2D eigenvalue weighted by Gasteiger charge is 2.70. The molecule has 4 aliphatic rings. The fourth-order valence-electron chi connectivity index (χ4n) is 9.95. The minimum atomic E-state index is -0.903. The van der Waals surface area contributed by atoms with E-state index in [9.17, 15) is 34.6 Å². The highest BCUT2D eigenvalue weighted by atomic mass is 16.6. The van der Waals surface area contributed by atoms with Crippen molar-refractivity contribution in [1.82, 2.24) is 0 Å². The van der Waals surface area contributed by atoms with Crippen LogP contribution in [0.3, 0.4) is 0 Å². The van der Waals surface area contributed by atoms with Gasteiger partial charge in [-0.25, -0.2) is 9.59 Å². The van der Waals surface area contributed by atoms with Crippen molar-refractivity contribution < 1.29 is 38.4 Å². The number of hydrogen-bond donors (Lipinski definition) is 0. The first-order valence-corrected chi connectivity index (χ1v) is 16.4. The smallest absolute Gasteiger partial charge is 0.338 e. The van der Waals surface area contributed by atoms with Crippen molar-refractivity contribution >= 4 is 29.3 Å². The normalized spacial score (nSPS) is 33.5. The Bertz CT molecular complexity index is 1710.